The first-order chi connectivity index (χ1) is 17.9. The quantitative estimate of drug-likeness (QED) is 0.279. The van der Waals surface area contributed by atoms with Gasteiger partial charge in [-0.3, -0.25) is 9.59 Å². The third-order valence-electron chi connectivity index (χ3n) is 5.77. The maximum atomic E-state index is 13.8. The van der Waals surface area contributed by atoms with Gasteiger partial charge in [0.15, 0.2) is 11.6 Å². The molecule has 2 N–H and O–H groups in total. The van der Waals surface area contributed by atoms with Crippen molar-refractivity contribution < 1.29 is 28.9 Å². The highest BCUT2D eigenvalue weighted by Gasteiger charge is 2.54. The highest BCUT2D eigenvalue weighted by atomic mass is 79.9. The van der Waals surface area contributed by atoms with E-state index < -0.39 is 23.2 Å². The van der Waals surface area contributed by atoms with E-state index in [1.165, 1.54) is 0 Å². The number of aliphatic imine (C=N–C) groups is 1. The van der Waals surface area contributed by atoms with E-state index in [0.29, 0.717) is 30.2 Å². The largest absolute Gasteiger partial charge is 0.494 e. The van der Waals surface area contributed by atoms with E-state index in [1.54, 1.807) is 12.1 Å². The van der Waals surface area contributed by atoms with Crippen LogP contribution in [0.5, 0.6) is 5.75 Å². The van der Waals surface area contributed by atoms with Gasteiger partial charge in [-0.25, -0.2) is 4.99 Å². The van der Waals surface area contributed by atoms with Crippen LogP contribution in [0.3, 0.4) is 0 Å². The molecule has 1 heterocycles. The predicted molar refractivity (Wildman–Crippen MR) is 149 cm³/mol. The van der Waals surface area contributed by atoms with E-state index >= 15 is 0 Å². The van der Waals surface area contributed by atoms with Crippen LogP contribution in [0, 0.1) is 0 Å². The normalized spacial score (nSPS) is 19.1. The molecule has 9 heteroatoms. The summed E-state index contributed by atoms with van der Waals surface area (Å²) in [5.74, 6) is 0.219. The Labute approximate surface area is 232 Å². The van der Waals surface area contributed by atoms with Gasteiger partial charge in [-0.1, -0.05) is 34.1 Å². The number of ether oxygens (including phenoxy) is 3. The predicted octanol–water partition coefficient (Wildman–Crippen LogP) is 5.11. The van der Waals surface area contributed by atoms with Gasteiger partial charge in [0.25, 0.3) is 5.91 Å². The molecule has 1 aliphatic heterocycles. The molecule has 0 fully saturated rings. The number of rotatable bonds is 11. The van der Waals surface area contributed by atoms with Crippen LogP contribution in [-0.2, 0) is 19.1 Å². The second-order valence-electron chi connectivity index (χ2n) is 10.5. The average molecular weight is 590 g/mol. The second-order valence-corrected chi connectivity index (χ2v) is 11.4. The molecule has 0 aliphatic carbocycles. The van der Waals surface area contributed by atoms with Crippen molar-refractivity contribution in [1.82, 2.24) is 5.32 Å². The van der Waals surface area contributed by atoms with Crippen LogP contribution in [0.15, 0.2) is 58.0 Å². The van der Waals surface area contributed by atoms with E-state index in [4.69, 9.17) is 24.3 Å². The second kappa shape index (κ2) is 12.8. The van der Waals surface area contributed by atoms with E-state index in [0.717, 1.165) is 10.0 Å². The lowest BCUT2D eigenvalue weighted by atomic mass is 9.83. The molecule has 0 saturated carbocycles. The summed E-state index contributed by atoms with van der Waals surface area (Å²) in [4.78, 5) is 31.5. The van der Waals surface area contributed by atoms with Crippen molar-refractivity contribution >= 4 is 33.7 Å². The fraction of sp³-hybridized carbons (Fsp3) is 0.483. The van der Waals surface area contributed by atoms with Gasteiger partial charge < -0.3 is 24.6 Å². The molecule has 2 aromatic rings. The van der Waals surface area contributed by atoms with Gasteiger partial charge in [0.05, 0.1) is 6.61 Å². The van der Waals surface area contributed by atoms with Crippen molar-refractivity contribution in [2.24, 2.45) is 4.99 Å². The number of nitrogens with zero attached hydrogens (tertiary/aromatic N) is 1. The summed E-state index contributed by atoms with van der Waals surface area (Å²) < 4.78 is 18.4. The summed E-state index contributed by atoms with van der Waals surface area (Å²) in [7, 11) is 0. The Balaban J connectivity index is 2.03. The fourth-order valence-electron chi connectivity index (χ4n) is 4.11. The van der Waals surface area contributed by atoms with Gasteiger partial charge in [-0.15, -0.1) is 0 Å². The Hall–Kier alpha value is -2.91. The number of aliphatic hydroxyl groups excluding tert-OH is 1. The molecule has 0 radical (unpaired) electrons. The lowest BCUT2D eigenvalue weighted by Crippen LogP contribution is -2.50. The van der Waals surface area contributed by atoms with Gasteiger partial charge in [0.1, 0.15) is 11.4 Å². The van der Waals surface area contributed by atoms with Crippen molar-refractivity contribution in [2.45, 2.75) is 77.2 Å². The van der Waals surface area contributed by atoms with Crippen molar-refractivity contribution in [2.75, 3.05) is 13.2 Å². The van der Waals surface area contributed by atoms with Crippen LogP contribution in [0.25, 0.3) is 0 Å². The molecule has 2 aromatic carbocycles. The van der Waals surface area contributed by atoms with Crippen LogP contribution in [0.2, 0.25) is 0 Å². The van der Waals surface area contributed by atoms with E-state index in [9.17, 15) is 9.59 Å². The zero-order valence-corrected chi connectivity index (χ0v) is 24.2. The molecule has 3 rings (SSSR count). The van der Waals surface area contributed by atoms with Gasteiger partial charge in [0, 0.05) is 41.1 Å². The first-order valence-electron chi connectivity index (χ1n) is 12.8. The summed E-state index contributed by atoms with van der Waals surface area (Å²) in [6.07, 6.45) is -0.161. The number of benzene rings is 2. The maximum Gasteiger partial charge on any atom is 0.306 e. The van der Waals surface area contributed by atoms with Gasteiger partial charge in [-0.2, -0.15) is 0 Å². The number of nitrogens with one attached hydrogen (secondary N) is 1. The number of aliphatic hydroxyl groups is 1. The number of halogens is 1. The van der Waals surface area contributed by atoms with Crippen LogP contribution in [0.1, 0.15) is 71.1 Å². The molecule has 0 aromatic heterocycles. The standard InChI is InChI=1S/C29H37BrN2O6/c1-19(2)31-27(35)29(16-15-24(34)38-28(3,4)5)25(22-9-6-7-10-23(22)30)37-26(32-29)20-11-13-21(14-12-20)36-18-8-17-33/h6-7,9-14,19,25,33H,8,15-18H2,1-5H3,(H,31,35)/t25-,29-/m1/s1. The number of amides is 1. The molecule has 8 nitrogen and oxygen atoms in total. The number of hydrogen-bond donors (Lipinski definition) is 2. The Kier molecular flexibility index (Phi) is 9.95. The SMILES string of the molecule is CC(C)NC(=O)[C@]1(CCC(=O)OC(C)(C)C)N=C(c2ccc(OCCCO)cc2)O[C@@H]1c1ccccc1Br. The maximum absolute atomic E-state index is 13.8. The Morgan fingerprint density at radius 1 is 1.16 bits per heavy atom. The number of carbonyl (C=O) groups excluding carboxylic acids is 2. The van der Waals surface area contributed by atoms with Gasteiger partial charge in [-0.05, 0) is 71.4 Å². The van der Waals surface area contributed by atoms with Gasteiger partial charge in [0.2, 0.25) is 5.90 Å². The zero-order valence-electron chi connectivity index (χ0n) is 22.6. The molecule has 0 unspecified atom stereocenters. The minimum atomic E-state index is -1.41. The lowest BCUT2D eigenvalue weighted by molar-refractivity contribution is -0.155. The van der Waals surface area contributed by atoms with Crippen LogP contribution >= 0.6 is 15.9 Å². The molecule has 206 valence electrons. The van der Waals surface area contributed by atoms with Crippen LogP contribution in [-0.4, -0.2) is 53.3 Å². The molecular weight excluding hydrogens is 552 g/mol. The van der Waals surface area contributed by atoms with E-state index in [2.05, 4.69) is 21.2 Å². The average Bonchev–Trinajstić information content (AvgIpc) is 3.23. The van der Waals surface area contributed by atoms with Crippen molar-refractivity contribution in [3.05, 3.63) is 64.1 Å². The molecule has 2 atom stereocenters. The Morgan fingerprint density at radius 3 is 2.45 bits per heavy atom. The summed E-state index contributed by atoms with van der Waals surface area (Å²) in [5.41, 5.74) is -0.628. The molecule has 0 spiro atoms. The topological polar surface area (TPSA) is 106 Å². The number of esters is 1. The Bertz CT molecular complexity index is 1140. The fourth-order valence-corrected chi connectivity index (χ4v) is 4.60. The number of hydrogen-bond acceptors (Lipinski definition) is 7. The molecule has 0 bridgehead atoms. The summed E-state index contributed by atoms with van der Waals surface area (Å²) in [6, 6.07) is 14.6. The van der Waals surface area contributed by atoms with Crippen molar-refractivity contribution in [1.29, 1.82) is 0 Å². The molecular formula is C29H37BrN2O6. The molecule has 1 amide bonds. The lowest BCUT2D eigenvalue weighted by Gasteiger charge is -2.32. The first kappa shape index (κ1) is 29.6. The monoisotopic (exact) mass is 588 g/mol. The molecule has 0 saturated heterocycles. The zero-order chi connectivity index (χ0) is 27.9. The first-order valence-corrected chi connectivity index (χ1v) is 13.6. The third kappa shape index (κ3) is 7.57. The van der Waals surface area contributed by atoms with E-state index in [1.807, 2.05) is 71.0 Å². The van der Waals surface area contributed by atoms with E-state index in [-0.39, 0.29) is 31.4 Å². The summed E-state index contributed by atoms with van der Waals surface area (Å²) in [5, 5.41) is 12.0. The summed E-state index contributed by atoms with van der Waals surface area (Å²) >= 11 is 3.60. The van der Waals surface area contributed by atoms with Crippen LogP contribution < -0.4 is 10.1 Å². The third-order valence-corrected chi connectivity index (χ3v) is 6.49. The smallest absolute Gasteiger partial charge is 0.306 e. The minimum Gasteiger partial charge on any atom is -0.494 e. The highest BCUT2D eigenvalue weighted by molar-refractivity contribution is 9.10. The highest BCUT2D eigenvalue weighted by Crippen LogP contribution is 2.45. The van der Waals surface area contributed by atoms with Crippen molar-refractivity contribution in [3.8, 4) is 5.75 Å². The Morgan fingerprint density at radius 2 is 1.84 bits per heavy atom. The van der Waals surface area contributed by atoms with Gasteiger partial charge >= 0.3 is 5.97 Å². The summed E-state index contributed by atoms with van der Waals surface area (Å²) in [6.45, 7) is 9.64. The molecule has 38 heavy (non-hydrogen) atoms. The minimum absolute atomic E-state index is 0.0124. The number of carbonyl (C=O) groups is 2. The molecule has 1 aliphatic rings. The van der Waals surface area contributed by atoms with Crippen molar-refractivity contribution in [3.63, 3.8) is 0 Å². The van der Waals surface area contributed by atoms with Crippen LogP contribution in [0.4, 0.5) is 0 Å².